The number of hydrogen-bond acceptors (Lipinski definition) is 12. The number of carbonyl (C=O) groups is 5. The quantitative estimate of drug-likeness (QED) is 0.0764. The Morgan fingerprint density at radius 3 is 2.11 bits per heavy atom. The molecule has 17 nitrogen and oxygen atoms in total. The lowest BCUT2D eigenvalue weighted by Crippen LogP contribution is -2.43. The maximum Gasteiger partial charge on any atom is 0.260 e. The number of ether oxygens (including phenoxy) is 4. The van der Waals surface area contributed by atoms with Crippen LogP contribution >= 0.6 is 0 Å². The third-order valence-corrected chi connectivity index (χ3v) is 13.2. The van der Waals surface area contributed by atoms with Gasteiger partial charge in [-0.2, -0.15) is 0 Å². The number of aliphatic hydroxyl groups is 1. The number of rotatable bonds is 15. The number of hydrogen-bond donors (Lipinski definition) is 6. The predicted molar refractivity (Wildman–Crippen MR) is 263 cm³/mol. The zero-order valence-corrected chi connectivity index (χ0v) is 40.0. The second-order valence-electron chi connectivity index (χ2n) is 19.4. The molecule has 0 spiro atoms. The highest BCUT2D eigenvalue weighted by molar-refractivity contribution is 6.12. The summed E-state index contributed by atoms with van der Waals surface area (Å²) in [7, 11) is 2.99. The van der Waals surface area contributed by atoms with Crippen molar-refractivity contribution in [3.05, 3.63) is 118 Å². The molecule has 366 valence electrons. The zero-order chi connectivity index (χ0) is 49.3. The first-order valence-corrected chi connectivity index (χ1v) is 23.6. The van der Waals surface area contributed by atoms with E-state index in [0.29, 0.717) is 81.7 Å². The van der Waals surface area contributed by atoms with Crippen LogP contribution in [0.3, 0.4) is 0 Å². The molecule has 0 saturated carbocycles. The van der Waals surface area contributed by atoms with Crippen molar-refractivity contribution in [2.24, 2.45) is 5.41 Å². The fourth-order valence-corrected chi connectivity index (χ4v) is 9.64. The normalized spacial score (nSPS) is 18.6. The fraction of sp³-hybridized carbons (Fsp3) is 0.377. The standard InChI is InChI=1S/C53H59N7O10/c1-53(2,3)15-14-47(61)55-26-48(62)56-27-49(63)57-34-17-30(28-69-45-23-38-36(21-43(45)67-4)51(65)59-35(25-54-38)19-32-10-6-8-12-40(32)59)16-31(18-34)29-70-46-24-39-37(22-44(46)68-5)52(66)60-41-13-9-7-11-33(41)20-42(60)50(64)58-39/h6,8-10,12-13,16-18,21-24,35,42,50,54,58,64H,7,11,14-15,19-20,25-29H2,1-5H3,(H,55,61)(H,56,62)(H,57,63)/t35?,42?,50-/m1/s1. The van der Waals surface area contributed by atoms with Crippen LogP contribution in [0.4, 0.5) is 22.7 Å². The Hall–Kier alpha value is -7.53. The first kappa shape index (κ1) is 47.5. The number of benzene rings is 4. The highest BCUT2D eigenvalue weighted by Crippen LogP contribution is 2.44. The lowest BCUT2D eigenvalue weighted by Gasteiger charge is -2.27. The van der Waals surface area contributed by atoms with Crippen LogP contribution in [0.15, 0.2) is 90.2 Å². The summed E-state index contributed by atoms with van der Waals surface area (Å²) in [6.07, 6.45) is 6.94. The van der Waals surface area contributed by atoms with Crippen LogP contribution in [0, 0.1) is 5.41 Å². The zero-order valence-electron chi connectivity index (χ0n) is 40.0. The molecule has 0 fully saturated rings. The molecule has 17 heteroatoms. The van der Waals surface area contributed by atoms with Crippen LogP contribution in [0.1, 0.15) is 90.3 Å². The number of methoxy groups -OCH3 is 2. The Morgan fingerprint density at radius 2 is 1.41 bits per heavy atom. The molecule has 2 unspecified atom stereocenters. The van der Waals surface area contributed by atoms with Gasteiger partial charge in [-0.05, 0) is 102 Å². The van der Waals surface area contributed by atoms with E-state index in [1.165, 1.54) is 14.2 Å². The number of aliphatic hydroxyl groups excluding tert-OH is 1. The van der Waals surface area contributed by atoms with E-state index in [2.05, 4.69) is 26.6 Å². The van der Waals surface area contributed by atoms with E-state index < -0.39 is 24.1 Å². The lowest BCUT2D eigenvalue weighted by atomic mass is 9.90. The minimum absolute atomic E-state index is 0.00463. The summed E-state index contributed by atoms with van der Waals surface area (Å²) in [6, 6.07) is 19.4. The van der Waals surface area contributed by atoms with Crippen LogP contribution in [-0.2, 0) is 34.0 Å². The Labute approximate surface area is 406 Å². The fourth-order valence-electron chi connectivity index (χ4n) is 9.64. The Balaban J connectivity index is 0.935. The summed E-state index contributed by atoms with van der Waals surface area (Å²) in [5.41, 5.74) is 7.39. The van der Waals surface area contributed by atoms with Crippen molar-refractivity contribution >= 4 is 52.3 Å². The second-order valence-corrected chi connectivity index (χ2v) is 19.4. The maximum atomic E-state index is 14.1. The maximum absolute atomic E-state index is 14.1. The number of allylic oxidation sites excluding steroid dienone is 2. The van der Waals surface area contributed by atoms with Crippen molar-refractivity contribution in [1.29, 1.82) is 0 Å². The molecular weight excluding hydrogens is 895 g/mol. The summed E-state index contributed by atoms with van der Waals surface area (Å²) in [4.78, 5) is 69.9. The highest BCUT2D eigenvalue weighted by atomic mass is 16.5. The minimum Gasteiger partial charge on any atom is -0.493 e. The van der Waals surface area contributed by atoms with Gasteiger partial charge >= 0.3 is 0 Å². The Kier molecular flexibility index (Phi) is 13.5. The van der Waals surface area contributed by atoms with Crippen LogP contribution < -0.4 is 50.4 Å². The molecule has 70 heavy (non-hydrogen) atoms. The summed E-state index contributed by atoms with van der Waals surface area (Å²) in [6.45, 7) is 5.99. The number of carbonyl (C=O) groups excluding carboxylic acids is 5. The molecule has 4 aromatic rings. The van der Waals surface area contributed by atoms with Crippen LogP contribution in [0.5, 0.6) is 23.0 Å². The second kappa shape index (κ2) is 19.8. The average molecular weight is 954 g/mol. The molecule has 0 saturated heterocycles. The number of amides is 5. The third kappa shape index (κ3) is 10.1. The van der Waals surface area contributed by atoms with Gasteiger partial charge in [-0.1, -0.05) is 45.0 Å². The van der Waals surface area contributed by atoms with Crippen molar-refractivity contribution < 1.29 is 48.0 Å². The molecule has 0 radical (unpaired) electrons. The van der Waals surface area contributed by atoms with E-state index in [-0.39, 0.29) is 61.9 Å². The van der Waals surface area contributed by atoms with Gasteiger partial charge in [0.05, 0.1) is 61.9 Å². The summed E-state index contributed by atoms with van der Waals surface area (Å²) < 4.78 is 24.3. The Morgan fingerprint density at radius 1 is 0.771 bits per heavy atom. The summed E-state index contributed by atoms with van der Waals surface area (Å²) in [5, 5.41) is 26.0. The SMILES string of the molecule is COc1cc2c(cc1OCc1cc(COc3cc4c(cc3OC)C(=O)N3c5ccccc5CC3CN4)cc(NC(=O)CNC(=O)CNC(=O)CCC(C)(C)C)c1)N[C@H](O)C1CC3=C(C=CCC3)N1C2=O. The van der Waals surface area contributed by atoms with Crippen molar-refractivity contribution in [3.8, 4) is 23.0 Å². The molecule has 4 aromatic carbocycles. The smallest absolute Gasteiger partial charge is 0.260 e. The number of nitrogens with one attached hydrogen (secondary N) is 5. The van der Waals surface area contributed by atoms with E-state index in [1.54, 1.807) is 41.3 Å². The van der Waals surface area contributed by atoms with Gasteiger partial charge in [-0.3, -0.25) is 24.0 Å². The molecule has 5 amide bonds. The first-order chi connectivity index (χ1) is 33.7. The van der Waals surface area contributed by atoms with Gasteiger partial charge in [-0.25, -0.2) is 0 Å². The molecule has 0 aromatic heterocycles. The lowest BCUT2D eigenvalue weighted by molar-refractivity contribution is -0.127. The molecule has 3 atom stereocenters. The average Bonchev–Trinajstić information content (AvgIpc) is 3.87. The van der Waals surface area contributed by atoms with Gasteiger partial charge in [0.1, 0.15) is 19.4 Å². The van der Waals surface area contributed by atoms with Crippen molar-refractivity contribution in [2.75, 3.05) is 54.7 Å². The minimum atomic E-state index is -1.04. The van der Waals surface area contributed by atoms with Crippen molar-refractivity contribution in [1.82, 2.24) is 15.5 Å². The third-order valence-electron chi connectivity index (χ3n) is 13.2. The monoisotopic (exact) mass is 953 g/mol. The number of fused-ring (bicyclic) bond motifs is 7. The van der Waals surface area contributed by atoms with E-state index in [9.17, 15) is 29.1 Å². The molecule has 0 bridgehead atoms. The number of nitrogens with zero attached hydrogens (tertiary/aromatic N) is 2. The molecule has 9 rings (SSSR count). The van der Waals surface area contributed by atoms with Crippen molar-refractivity contribution in [3.63, 3.8) is 0 Å². The van der Waals surface area contributed by atoms with Crippen LogP contribution in [-0.4, -0.2) is 91.7 Å². The molecule has 4 heterocycles. The summed E-state index contributed by atoms with van der Waals surface area (Å²) >= 11 is 0. The molecular formula is C53H59N7O10. The van der Waals surface area contributed by atoms with E-state index >= 15 is 0 Å². The van der Waals surface area contributed by atoms with Gasteiger partial charge in [-0.15, -0.1) is 0 Å². The van der Waals surface area contributed by atoms with Crippen molar-refractivity contribution in [2.45, 2.75) is 90.8 Å². The predicted octanol–water partition coefficient (Wildman–Crippen LogP) is 6.42. The largest absolute Gasteiger partial charge is 0.493 e. The van der Waals surface area contributed by atoms with E-state index in [0.717, 1.165) is 41.8 Å². The summed E-state index contributed by atoms with van der Waals surface area (Å²) in [5.74, 6) is -0.327. The number of para-hydroxylation sites is 1. The molecule has 6 N–H and O–H groups in total. The van der Waals surface area contributed by atoms with Gasteiger partial charge in [0, 0.05) is 42.2 Å². The molecule has 4 aliphatic heterocycles. The number of anilines is 4. The van der Waals surface area contributed by atoms with E-state index in [1.807, 2.05) is 68.2 Å². The van der Waals surface area contributed by atoms with Gasteiger partial charge in [0.15, 0.2) is 23.0 Å². The Bertz CT molecular complexity index is 2820. The van der Waals surface area contributed by atoms with Crippen LogP contribution in [0.25, 0.3) is 0 Å². The van der Waals surface area contributed by atoms with E-state index in [4.69, 9.17) is 18.9 Å². The van der Waals surface area contributed by atoms with Gasteiger partial charge in [0.25, 0.3) is 11.8 Å². The topological polar surface area (TPSA) is 209 Å². The van der Waals surface area contributed by atoms with Crippen LogP contribution in [0.2, 0.25) is 0 Å². The van der Waals surface area contributed by atoms with Gasteiger partial charge in [0.2, 0.25) is 17.7 Å². The highest BCUT2D eigenvalue weighted by Gasteiger charge is 2.43. The van der Waals surface area contributed by atoms with Gasteiger partial charge < -0.3 is 60.4 Å². The first-order valence-electron chi connectivity index (χ1n) is 23.6. The molecule has 5 aliphatic rings. The molecule has 1 aliphatic carbocycles.